The minimum Gasteiger partial charge on any atom is -0.491 e. The van der Waals surface area contributed by atoms with Crippen molar-refractivity contribution in [3.05, 3.63) is 23.8 Å². The van der Waals surface area contributed by atoms with Crippen molar-refractivity contribution in [3.63, 3.8) is 0 Å². The highest BCUT2D eigenvalue weighted by Gasteiger charge is 2.32. The van der Waals surface area contributed by atoms with Crippen LogP contribution in [0.1, 0.15) is 45.6 Å². The van der Waals surface area contributed by atoms with E-state index in [1.807, 2.05) is 0 Å². The average Bonchev–Trinajstić information content (AvgIpc) is 2.53. The molecule has 0 spiro atoms. The van der Waals surface area contributed by atoms with E-state index in [2.05, 4.69) is 49.2 Å². The number of hydrogen-bond donors (Lipinski definition) is 1. The quantitative estimate of drug-likeness (QED) is 0.912. The van der Waals surface area contributed by atoms with Gasteiger partial charge in [-0.05, 0) is 64.3 Å². The van der Waals surface area contributed by atoms with Crippen LogP contribution in [0.15, 0.2) is 18.2 Å². The summed E-state index contributed by atoms with van der Waals surface area (Å²) < 4.78 is 6.26. The Hall–Kier alpha value is -1.22. The maximum Gasteiger partial charge on any atom is 0.142 e. The lowest BCUT2D eigenvalue weighted by molar-refractivity contribution is 0.0555. The van der Waals surface area contributed by atoms with Crippen LogP contribution in [0.25, 0.3) is 0 Å². The number of fused-ring (bicyclic) bond motifs is 1. The van der Waals surface area contributed by atoms with E-state index in [1.165, 1.54) is 50.0 Å². The predicted molar refractivity (Wildman–Crippen MR) is 92.8 cm³/mol. The molecule has 1 fully saturated rings. The topological polar surface area (TPSA) is 24.5 Å². The van der Waals surface area contributed by atoms with Gasteiger partial charge in [0.05, 0.1) is 12.3 Å². The molecule has 0 saturated carbocycles. The van der Waals surface area contributed by atoms with Crippen LogP contribution in [0.2, 0.25) is 0 Å². The Morgan fingerprint density at radius 2 is 2.05 bits per heavy atom. The molecule has 1 aromatic carbocycles. The second kappa shape index (κ2) is 6.49. The van der Waals surface area contributed by atoms with Gasteiger partial charge in [-0.2, -0.15) is 0 Å². The summed E-state index contributed by atoms with van der Waals surface area (Å²) in [5.41, 5.74) is 2.95. The standard InChI is InChI=1S/C19H30N2O/c1-15(2)21-12-9-19(3,10-13-21)14-22-17-8-4-6-16-7-5-11-20-18(16)17/h4,6,8,15,20H,5,7,9-14H2,1-3H3. The fourth-order valence-corrected chi connectivity index (χ4v) is 3.57. The Balaban J connectivity index is 1.61. The number of para-hydroxylation sites is 1. The van der Waals surface area contributed by atoms with Crippen LogP contribution in [-0.2, 0) is 6.42 Å². The Morgan fingerprint density at radius 3 is 2.77 bits per heavy atom. The highest BCUT2D eigenvalue weighted by Crippen LogP contribution is 2.36. The lowest BCUT2D eigenvalue weighted by atomic mass is 9.81. The molecule has 0 atom stereocenters. The number of benzene rings is 1. The van der Waals surface area contributed by atoms with Gasteiger partial charge in [-0.25, -0.2) is 0 Å². The van der Waals surface area contributed by atoms with Crippen molar-refractivity contribution in [2.75, 3.05) is 31.6 Å². The molecule has 0 aromatic heterocycles. The summed E-state index contributed by atoms with van der Waals surface area (Å²) in [6, 6.07) is 7.13. The Morgan fingerprint density at radius 1 is 1.27 bits per heavy atom. The number of rotatable bonds is 4. The van der Waals surface area contributed by atoms with Crippen LogP contribution < -0.4 is 10.1 Å². The Kier molecular flexibility index (Phi) is 4.62. The summed E-state index contributed by atoms with van der Waals surface area (Å²) in [4.78, 5) is 2.58. The van der Waals surface area contributed by atoms with E-state index in [9.17, 15) is 0 Å². The van der Waals surface area contributed by atoms with Crippen LogP contribution in [-0.4, -0.2) is 37.2 Å². The number of nitrogens with one attached hydrogen (secondary N) is 1. The van der Waals surface area contributed by atoms with E-state index in [4.69, 9.17) is 4.74 Å². The van der Waals surface area contributed by atoms with Crippen molar-refractivity contribution in [1.82, 2.24) is 4.90 Å². The minimum absolute atomic E-state index is 0.308. The molecule has 3 nitrogen and oxygen atoms in total. The zero-order valence-electron chi connectivity index (χ0n) is 14.3. The highest BCUT2D eigenvalue weighted by molar-refractivity contribution is 5.63. The van der Waals surface area contributed by atoms with Crippen LogP contribution >= 0.6 is 0 Å². The normalized spacial score (nSPS) is 21.3. The van der Waals surface area contributed by atoms with Gasteiger partial charge in [-0.15, -0.1) is 0 Å². The molecule has 1 N–H and O–H groups in total. The summed E-state index contributed by atoms with van der Waals surface area (Å²) in [5, 5.41) is 3.52. The molecule has 22 heavy (non-hydrogen) atoms. The molecular weight excluding hydrogens is 272 g/mol. The second-order valence-corrected chi connectivity index (χ2v) is 7.55. The fourth-order valence-electron chi connectivity index (χ4n) is 3.57. The lowest BCUT2D eigenvalue weighted by Crippen LogP contribution is -2.44. The molecule has 2 aliphatic rings. The molecule has 1 aromatic rings. The van der Waals surface area contributed by atoms with Gasteiger partial charge in [0.25, 0.3) is 0 Å². The van der Waals surface area contributed by atoms with E-state index in [-0.39, 0.29) is 0 Å². The van der Waals surface area contributed by atoms with Crippen LogP contribution in [0.5, 0.6) is 5.75 Å². The molecule has 0 amide bonds. The second-order valence-electron chi connectivity index (χ2n) is 7.55. The molecule has 2 heterocycles. The maximum atomic E-state index is 6.26. The number of piperidine rings is 1. The molecular formula is C19H30N2O. The first kappa shape index (κ1) is 15.7. The number of aryl methyl sites for hydroxylation is 1. The molecule has 122 valence electrons. The zero-order chi connectivity index (χ0) is 15.6. The van der Waals surface area contributed by atoms with Gasteiger partial charge < -0.3 is 15.0 Å². The van der Waals surface area contributed by atoms with Gasteiger partial charge in [0.2, 0.25) is 0 Å². The van der Waals surface area contributed by atoms with Crippen molar-refractivity contribution in [2.24, 2.45) is 5.41 Å². The first-order chi connectivity index (χ1) is 10.6. The van der Waals surface area contributed by atoms with E-state index in [1.54, 1.807) is 0 Å². The van der Waals surface area contributed by atoms with Gasteiger partial charge in [-0.3, -0.25) is 0 Å². The smallest absolute Gasteiger partial charge is 0.142 e. The van der Waals surface area contributed by atoms with Gasteiger partial charge >= 0.3 is 0 Å². The number of ether oxygens (including phenoxy) is 1. The van der Waals surface area contributed by atoms with Crippen LogP contribution in [0, 0.1) is 5.41 Å². The molecule has 3 heteroatoms. The van der Waals surface area contributed by atoms with E-state index >= 15 is 0 Å². The van der Waals surface area contributed by atoms with Crippen molar-refractivity contribution in [2.45, 2.75) is 52.5 Å². The Bertz CT molecular complexity index is 504. The fraction of sp³-hybridized carbons (Fsp3) is 0.684. The summed E-state index contributed by atoms with van der Waals surface area (Å²) in [6.07, 6.45) is 4.85. The SMILES string of the molecule is CC(C)N1CCC(C)(COc2cccc3c2NCCC3)CC1. The van der Waals surface area contributed by atoms with Crippen molar-refractivity contribution < 1.29 is 4.74 Å². The largest absolute Gasteiger partial charge is 0.491 e. The third-order valence-corrected chi connectivity index (χ3v) is 5.35. The molecule has 0 unspecified atom stereocenters. The maximum absolute atomic E-state index is 6.26. The average molecular weight is 302 g/mol. The predicted octanol–water partition coefficient (Wildman–Crippen LogP) is 3.93. The van der Waals surface area contributed by atoms with Gasteiger partial charge in [-0.1, -0.05) is 19.1 Å². The first-order valence-electron chi connectivity index (χ1n) is 8.80. The molecule has 2 aliphatic heterocycles. The van der Waals surface area contributed by atoms with E-state index in [0.29, 0.717) is 11.5 Å². The van der Waals surface area contributed by atoms with Crippen molar-refractivity contribution >= 4 is 5.69 Å². The summed E-state index contributed by atoms with van der Waals surface area (Å²) in [5.74, 6) is 1.05. The third kappa shape index (κ3) is 3.40. The summed E-state index contributed by atoms with van der Waals surface area (Å²) in [7, 11) is 0. The minimum atomic E-state index is 0.308. The molecule has 1 saturated heterocycles. The Labute approximate surface area is 135 Å². The van der Waals surface area contributed by atoms with Crippen LogP contribution in [0.3, 0.4) is 0 Å². The molecule has 3 rings (SSSR count). The number of likely N-dealkylation sites (tertiary alicyclic amines) is 1. The van der Waals surface area contributed by atoms with Gasteiger partial charge in [0.15, 0.2) is 0 Å². The van der Waals surface area contributed by atoms with Gasteiger partial charge in [0, 0.05) is 18.0 Å². The number of hydrogen-bond acceptors (Lipinski definition) is 3. The van der Waals surface area contributed by atoms with Gasteiger partial charge in [0.1, 0.15) is 5.75 Å². The lowest BCUT2D eigenvalue weighted by Gasteiger charge is -2.41. The van der Waals surface area contributed by atoms with E-state index < -0.39 is 0 Å². The van der Waals surface area contributed by atoms with Crippen molar-refractivity contribution in [1.29, 1.82) is 0 Å². The molecule has 0 bridgehead atoms. The monoisotopic (exact) mass is 302 g/mol. The van der Waals surface area contributed by atoms with E-state index in [0.717, 1.165) is 18.9 Å². The summed E-state index contributed by atoms with van der Waals surface area (Å²) >= 11 is 0. The molecule has 0 aliphatic carbocycles. The highest BCUT2D eigenvalue weighted by atomic mass is 16.5. The summed E-state index contributed by atoms with van der Waals surface area (Å²) in [6.45, 7) is 11.3. The zero-order valence-corrected chi connectivity index (χ0v) is 14.3. The first-order valence-corrected chi connectivity index (χ1v) is 8.80. The van der Waals surface area contributed by atoms with Crippen LogP contribution in [0.4, 0.5) is 5.69 Å². The number of anilines is 1. The molecule has 0 radical (unpaired) electrons. The number of nitrogens with zero attached hydrogens (tertiary/aromatic N) is 1. The van der Waals surface area contributed by atoms with Crippen molar-refractivity contribution in [3.8, 4) is 5.75 Å². The third-order valence-electron chi connectivity index (χ3n) is 5.35.